The van der Waals surface area contributed by atoms with Gasteiger partial charge in [-0.1, -0.05) is 29.8 Å². The Bertz CT molecular complexity index is 653. The molecule has 1 aliphatic rings. The van der Waals surface area contributed by atoms with E-state index in [1.54, 1.807) is 0 Å². The first-order valence-corrected chi connectivity index (χ1v) is 8.70. The van der Waals surface area contributed by atoms with Crippen molar-refractivity contribution in [1.29, 1.82) is 0 Å². The molecule has 2 heterocycles. The van der Waals surface area contributed by atoms with E-state index in [9.17, 15) is 4.79 Å². The van der Waals surface area contributed by atoms with Gasteiger partial charge in [-0.3, -0.25) is 4.79 Å². The molecule has 0 bridgehead atoms. The van der Waals surface area contributed by atoms with Crippen LogP contribution in [0.2, 0.25) is 0 Å². The molecule has 124 valence electrons. The van der Waals surface area contributed by atoms with Crippen LogP contribution in [0.1, 0.15) is 35.0 Å². The zero-order valence-corrected chi connectivity index (χ0v) is 15.1. The smallest absolute Gasteiger partial charge is 0.262 e. The van der Waals surface area contributed by atoms with E-state index < -0.39 is 0 Å². The van der Waals surface area contributed by atoms with Crippen LogP contribution in [-0.2, 0) is 0 Å². The molecule has 1 aromatic heterocycles. The summed E-state index contributed by atoms with van der Waals surface area (Å²) in [5.74, 6) is 0.0599. The van der Waals surface area contributed by atoms with Crippen molar-refractivity contribution in [2.45, 2.75) is 38.8 Å². The van der Waals surface area contributed by atoms with Gasteiger partial charge >= 0.3 is 0 Å². The number of rotatable bonds is 3. The summed E-state index contributed by atoms with van der Waals surface area (Å²) in [5, 5.41) is 8.61. The second-order valence-corrected chi connectivity index (χ2v) is 7.00. The van der Waals surface area contributed by atoms with Gasteiger partial charge in [0.15, 0.2) is 0 Å². The van der Waals surface area contributed by atoms with Gasteiger partial charge in [0.05, 0.1) is 4.88 Å². The lowest BCUT2D eigenvalue weighted by Gasteiger charge is -2.28. The topological polar surface area (TPSA) is 41.1 Å². The average Bonchev–Trinajstić information content (AvgIpc) is 2.97. The summed E-state index contributed by atoms with van der Waals surface area (Å²) in [4.78, 5) is 13.4. The van der Waals surface area contributed by atoms with Crippen molar-refractivity contribution in [3.8, 4) is 11.1 Å². The summed E-state index contributed by atoms with van der Waals surface area (Å²) in [6, 6.07) is 11.1. The number of hydrogen-bond acceptors (Lipinski definition) is 3. The van der Waals surface area contributed by atoms with Gasteiger partial charge in [-0.15, -0.1) is 23.7 Å². The van der Waals surface area contributed by atoms with Crippen molar-refractivity contribution in [2.24, 2.45) is 0 Å². The molecule has 1 amide bonds. The molecular weight excluding hydrogens is 328 g/mol. The predicted molar refractivity (Wildman–Crippen MR) is 99.7 cm³/mol. The minimum atomic E-state index is 0. The molecule has 1 aromatic carbocycles. The lowest BCUT2D eigenvalue weighted by molar-refractivity contribution is 0.0930. The number of halogens is 1. The van der Waals surface area contributed by atoms with Crippen LogP contribution in [0.5, 0.6) is 0 Å². The zero-order valence-electron chi connectivity index (χ0n) is 13.5. The second kappa shape index (κ2) is 7.95. The van der Waals surface area contributed by atoms with Gasteiger partial charge in [-0.25, -0.2) is 0 Å². The third-order valence-electron chi connectivity index (χ3n) is 4.19. The van der Waals surface area contributed by atoms with Crippen LogP contribution in [0.15, 0.2) is 35.7 Å². The van der Waals surface area contributed by atoms with E-state index in [1.807, 2.05) is 11.4 Å². The first kappa shape index (κ1) is 18.0. The summed E-state index contributed by atoms with van der Waals surface area (Å²) >= 11 is 1.52. The molecule has 0 radical (unpaired) electrons. The Hall–Kier alpha value is -1.36. The third kappa shape index (κ3) is 4.34. The Morgan fingerprint density at radius 2 is 2.00 bits per heavy atom. The zero-order chi connectivity index (χ0) is 15.5. The van der Waals surface area contributed by atoms with E-state index in [-0.39, 0.29) is 24.4 Å². The maximum absolute atomic E-state index is 12.6. The minimum Gasteiger partial charge on any atom is -0.348 e. The molecule has 2 N–H and O–H groups in total. The van der Waals surface area contributed by atoms with Crippen molar-refractivity contribution in [3.63, 3.8) is 0 Å². The fourth-order valence-corrected chi connectivity index (χ4v) is 3.78. The predicted octanol–water partition coefficient (Wildman–Crippen LogP) is 4.02. The van der Waals surface area contributed by atoms with E-state index in [0.29, 0.717) is 6.04 Å². The molecular formula is C18H23ClN2OS. The summed E-state index contributed by atoms with van der Waals surface area (Å²) < 4.78 is 0. The lowest BCUT2D eigenvalue weighted by Crippen LogP contribution is -2.46. The largest absolute Gasteiger partial charge is 0.348 e. The Morgan fingerprint density at radius 1 is 1.26 bits per heavy atom. The Balaban J connectivity index is 0.00000192. The monoisotopic (exact) mass is 350 g/mol. The van der Waals surface area contributed by atoms with Gasteiger partial charge in [0.25, 0.3) is 5.91 Å². The van der Waals surface area contributed by atoms with E-state index >= 15 is 0 Å². The number of carbonyl (C=O) groups excluding carboxylic acids is 1. The molecule has 0 spiro atoms. The van der Waals surface area contributed by atoms with Crippen molar-refractivity contribution in [1.82, 2.24) is 10.6 Å². The highest BCUT2D eigenvalue weighted by molar-refractivity contribution is 7.12. The van der Waals surface area contributed by atoms with Gasteiger partial charge in [0.2, 0.25) is 0 Å². The molecule has 1 aliphatic heterocycles. The van der Waals surface area contributed by atoms with Crippen LogP contribution in [0.4, 0.5) is 0 Å². The summed E-state index contributed by atoms with van der Waals surface area (Å²) in [7, 11) is 0. The molecule has 0 saturated carbocycles. The van der Waals surface area contributed by atoms with Crippen molar-refractivity contribution >= 4 is 29.7 Å². The Morgan fingerprint density at radius 3 is 2.70 bits per heavy atom. The van der Waals surface area contributed by atoms with Crippen molar-refractivity contribution in [2.75, 3.05) is 6.54 Å². The van der Waals surface area contributed by atoms with Crippen LogP contribution in [0.3, 0.4) is 0 Å². The van der Waals surface area contributed by atoms with Crippen molar-refractivity contribution < 1.29 is 4.79 Å². The fourth-order valence-electron chi connectivity index (χ4n) is 2.96. The van der Waals surface area contributed by atoms with Crippen LogP contribution >= 0.6 is 23.7 Å². The third-order valence-corrected chi connectivity index (χ3v) is 5.11. The molecule has 2 aromatic rings. The number of thiophene rings is 1. The van der Waals surface area contributed by atoms with E-state index in [0.717, 1.165) is 35.4 Å². The lowest BCUT2D eigenvalue weighted by atomic mass is 10.00. The maximum Gasteiger partial charge on any atom is 0.262 e. The number of carbonyl (C=O) groups is 1. The van der Waals surface area contributed by atoms with Crippen LogP contribution in [0, 0.1) is 6.92 Å². The van der Waals surface area contributed by atoms with Gasteiger partial charge in [0, 0.05) is 17.6 Å². The number of hydrogen-bond donors (Lipinski definition) is 2. The minimum absolute atomic E-state index is 0. The normalized spacial score (nSPS) is 20.6. The molecule has 23 heavy (non-hydrogen) atoms. The highest BCUT2D eigenvalue weighted by Crippen LogP contribution is 2.28. The molecule has 1 fully saturated rings. The molecule has 2 atom stereocenters. The number of piperidine rings is 1. The molecule has 3 rings (SSSR count). The van der Waals surface area contributed by atoms with Gasteiger partial charge in [-0.05, 0) is 50.2 Å². The molecule has 1 saturated heterocycles. The van der Waals surface area contributed by atoms with Gasteiger partial charge < -0.3 is 10.6 Å². The van der Waals surface area contributed by atoms with E-state index in [4.69, 9.17) is 0 Å². The Kier molecular flexibility index (Phi) is 6.22. The fraction of sp³-hybridized carbons (Fsp3) is 0.389. The second-order valence-electron chi connectivity index (χ2n) is 6.08. The highest BCUT2D eigenvalue weighted by Gasteiger charge is 2.22. The number of benzene rings is 1. The summed E-state index contributed by atoms with van der Waals surface area (Å²) in [6.45, 7) is 5.21. The van der Waals surface area contributed by atoms with E-state index in [1.165, 1.54) is 16.9 Å². The first-order valence-electron chi connectivity index (χ1n) is 7.82. The number of aryl methyl sites for hydroxylation is 1. The number of nitrogens with one attached hydrogen (secondary N) is 2. The average molecular weight is 351 g/mol. The van der Waals surface area contributed by atoms with Crippen molar-refractivity contribution in [3.05, 3.63) is 46.2 Å². The van der Waals surface area contributed by atoms with E-state index in [2.05, 4.69) is 48.7 Å². The van der Waals surface area contributed by atoms with Gasteiger partial charge in [-0.2, -0.15) is 0 Å². The number of amides is 1. The Labute approximate surface area is 147 Å². The molecule has 0 aliphatic carbocycles. The molecule has 2 unspecified atom stereocenters. The molecule has 5 heteroatoms. The van der Waals surface area contributed by atoms with Crippen LogP contribution in [0.25, 0.3) is 11.1 Å². The molecule has 3 nitrogen and oxygen atoms in total. The maximum atomic E-state index is 12.6. The highest BCUT2D eigenvalue weighted by atomic mass is 35.5. The summed E-state index contributed by atoms with van der Waals surface area (Å²) in [6.07, 6.45) is 2.00. The standard InChI is InChI=1S/C18H22N2OS.ClH/c1-12-3-5-14(6-4-12)16-8-10-22-17(16)18(21)20-15-7-9-19-13(2)11-15;/h3-6,8,10,13,15,19H,7,9,11H2,1-2H3,(H,20,21);1H. The first-order chi connectivity index (χ1) is 10.6. The van der Waals surface area contributed by atoms with Crippen LogP contribution < -0.4 is 10.6 Å². The quantitative estimate of drug-likeness (QED) is 0.877. The SMILES string of the molecule is Cc1ccc(-c2ccsc2C(=O)NC2CCNC(C)C2)cc1.Cl. The summed E-state index contributed by atoms with van der Waals surface area (Å²) in [5.41, 5.74) is 3.37. The van der Waals surface area contributed by atoms with Gasteiger partial charge in [0.1, 0.15) is 0 Å². The van der Waals surface area contributed by atoms with Crippen LogP contribution in [-0.4, -0.2) is 24.5 Å².